The Kier molecular flexibility index (Phi) is 9.88. The number of fused-ring (bicyclic) bond motifs is 1. The summed E-state index contributed by atoms with van der Waals surface area (Å²) in [6.45, 7) is 28.5. The van der Waals surface area contributed by atoms with Crippen LogP contribution in [-0.2, 0) is 13.6 Å². The zero-order valence-corrected chi connectivity index (χ0v) is 27.9. The van der Waals surface area contributed by atoms with Crippen molar-refractivity contribution in [2.75, 3.05) is 12.3 Å². The Morgan fingerprint density at radius 3 is 1.87 bits per heavy atom. The molecule has 0 aromatic carbocycles. The van der Waals surface area contributed by atoms with Gasteiger partial charge in [-0.15, -0.1) is 0 Å². The second-order valence-corrected chi connectivity index (χ2v) is 23.9. The molecule has 0 amide bonds. The molecule has 3 atom stereocenters. The molecular weight excluding hydrogens is 511 g/mol. The summed E-state index contributed by atoms with van der Waals surface area (Å²) in [5.41, 5.74) is 10.4. The first kappa shape index (κ1) is 31.2. The largest absolute Gasteiger partial charge is 0.413 e. The van der Waals surface area contributed by atoms with Crippen molar-refractivity contribution in [3.63, 3.8) is 0 Å². The Hall–Kier alpha value is -1.34. The Morgan fingerprint density at radius 1 is 0.842 bits per heavy atom. The minimum Gasteiger partial charge on any atom is -0.413 e. The van der Waals surface area contributed by atoms with Crippen LogP contribution in [0.2, 0.25) is 33.2 Å². The molecule has 2 N–H and O–H groups in total. The first-order chi connectivity index (χ1) is 17.7. The van der Waals surface area contributed by atoms with Gasteiger partial charge in [-0.2, -0.15) is 0 Å². The van der Waals surface area contributed by atoms with Gasteiger partial charge in [0.25, 0.3) is 0 Å². The third kappa shape index (κ3) is 5.48. The van der Waals surface area contributed by atoms with E-state index in [1.54, 1.807) is 6.33 Å². The van der Waals surface area contributed by atoms with E-state index in [2.05, 4.69) is 98.0 Å². The zero-order valence-electron chi connectivity index (χ0n) is 25.9. The van der Waals surface area contributed by atoms with Gasteiger partial charge in [-0.1, -0.05) is 83.1 Å². The van der Waals surface area contributed by atoms with Gasteiger partial charge in [0.2, 0.25) is 8.32 Å². The van der Waals surface area contributed by atoms with Crippen LogP contribution in [0, 0.1) is 0 Å². The topological polar surface area (TPSA) is 97.3 Å². The van der Waals surface area contributed by atoms with E-state index in [4.69, 9.17) is 19.3 Å². The van der Waals surface area contributed by atoms with Crippen molar-refractivity contribution < 1.29 is 13.6 Å². The van der Waals surface area contributed by atoms with Gasteiger partial charge < -0.3 is 19.3 Å². The fourth-order valence-electron chi connectivity index (χ4n) is 7.62. The Labute approximate surface area is 232 Å². The number of rotatable bonds is 12. The number of hydrogen-bond donors (Lipinski definition) is 1. The molecule has 0 radical (unpaired) electrons. The van der Waals surface area contributed by atoms with Crippen LogP contribution in [0.3, 0.4) is 0 Å². The second kappa shape index (κ2) is 12.0. The summed E-state index contributed by atoms with van der Waals surface area (Å²) in [6, 6.07) is 0. The highest BCUT2D eigenvalue weighted by atomic mass is 28.4. The first-order valence-electron chi connectivity index (χ1n) is 14.6. The Morgan fingerprint density at radius 2 is 1.37 bits per heavy atom. The monoisotopic (exact) mass is 563 g/mol. The van der Waals surface area contributed by atoms with Crippen molar-refractivity contribution in [2.24, 2.45) is 0 Å². The summed E-state index contributed by atoms with van der Waals surface area (Å²) in [5.74, 6) is 0.381. The molecule has 1 aliphatic heterocycles. The van der Waals surface area contributed by atoms with Crippen LogP contribution in [0.1, 0.15) is 95.7 Å². The predicted molar refractivity (Wildman–Crippen MR) is 161 cm³/mol. The molecule has 0 aliphatic carbocycles. The van der Waals surface area contributed by atoms with Crippen molar-refractivity contribution in [1.29, 1.82) is 0 Å². The summed E-state index contributed by atoms with van der Waals surface area (Å²) >= 11 is 0. The van der Waals surface area contributed by atoms with E-state index >= 15 is 0 Å². The van der Waals surface area contributed by atoms with E-state index in [1.165, 1.54) is 6.33 Å². The van der Waals surface area contributed by atoms with Crippen LogP contribution in [0.4, 0.5) is 5.82 Å². The normalized spacial score (nSPS) is 21.5. The fourth-order valence-corrected chi connectivity index (χ4v) is 18.7. The van der Waals surface area contributed by atoms with Crippen LogP contribution in [0.15, 0.2) is 12.7 Å². The van der Waals surface area contributed by atoms with E-state index in [0.717, 1.165) is 6.42 Å². The van der Waals surface area contributed by atoms with E-state index < -0.39 is 16.6 Å². The molecule has 1 aliphatic rings. The standard InChI is InChI=1S/C28H53N5O3Si2/c1-17(2)37(18(3)4,19(5)6)34-14-24-23(36-38(20(7)8,21(9)10)22(11)12)13-25(35-24)33-16-32-26-27(29)30-15-31-28(26)33/h15-25H,13-14H2,1-12H3,(H2,29,30,31)/t23-,24+,25+/m0/s1. The number of aromatic nitrogens is 4. The molecule has 2 aromatic heterocycles. The number of nitrogen functional groups attached to an aromatic ring is 1. The molecule has 0 unspecified atom stereocenters. The van der Waals surface area contributed by atoms with E-state index in [1.807, 2.05) is 4.57 Å². The van der Waals surface area contributed by atoms with Gasteiger partial charge in [0, 0.05) is 6.42 Å². The maximum atomic E-state index is 7.36. The minimum atomic E-state index is -2.15. The zero-order chi connectivity index (χ0) is 28.6. The molecule has 3 heterocycles. The number of nitrogens with two attached hydrogens (primary N) is 1. The quantitative estimate of drug-likeness (QED) is 0.268. The van der Waals surface area contributed by atoms with Crippen LogP contribution >= 0.6 is 0 Å². The first-order valence-corrected chi connectivity index (χ1v) is 18.9. The van der Waals surface area contributed by atoms with Crippen molar-refractivity contribution in [1.82, 2.24) is 19.5 Å². The van der Waals surface area contributed by atoms with Crippen molar-refractivity contribution >= 4 is 33.6 Å². The highest BCUT2D eigenvalue weighted by Crippen LogP contribution is 2.47. The lowest BCUT2D eigenvalue weighted by molar-refractivity contribution is -0.0395. The van der Waals surface area contributed by atoms with Crippen molar-refractivity contribution in [3.8, 4) is 0 Å². The van der Waals surface area contributed by atoms with E-state index in [-0.39, 0.29) is 18.4 Å². The van der Waals surface area contributed by atoms with Gasteiger partial charge in [0.1, 0.15) is 24.2 Å². The predicted octanol–water partition coefficient (Wildman–Crippen LogP) is 7.45. The number of imidazole rings is 1. The van der Waals surface area contributed by atoms with E-state index in [0.29, 0.717) is 56.8 Å². The molecule has 10 heteroatoms. The van der Waals surface area contributed by atoms with Gasteiger partial charge >= 0.3 is 0 Å². The van der Waals surface area contributed by atoms with Gasteiger partial charge in [-0.25, -0.2) is 15.0 Å². The maximum Gasteiger partial charge on any atom is 0.200 e. The van der Waals surface area contributed by atoms with Crippen LogP contribution in [0.5, 0.6) is 0 Å². The Balaban J connectivity index is 2.00. The number of ether oxygens (including phenoxy) is 1. The van der Waals surface area contributed by atoms with Crippen LogP contribution in [0.25, 0.3) is 11.2 Å². The molecule has 1 saturated heterocycles. The summed E-state index contributed by atoms with van der Waals surface area (Å²) in [4.78, 5) is 13.1. The number of nitrogens with zero attached hydrogens (tertiary/aromatic N) is 4. The van der Waals surface area contributed by atoms with Gasteiger partial charge in [0.15, 0.2) is 19.8 Å². The average molecular weight is 564 g/mol. The third-order valence-corrected chi connectivity index (χ3v) is 21.4. The second-order valence-electron chi connectivity index (χ2n) is 13.1. The molecule has 8 nitrogen and oxygen atoms in total. The van der Waals surface area contributed by atoms with E-state index in [9.17, 15) is 0 Å². The lowest BCUT2D eigenvalue weighted by atomic mass is 10.2. The van der Waals surface area contributed by atoms with Crippen molar-refractivity contribution in [2.45, 2.75) is 141 Å². The average Bonchev–Trinajstić information content (AvgIpc) is 3.41. The number of hydrogen-bond acceptors (Lipinski definition) is 7. The molecule has 38 heavy (non-hydrogen) atoms. The summed E-state index contributed by atoms with van der Waals surface area (Å²) < 4.78 is 23.2. The highest BCUT2D eigenvalue weighted by Gasteiger charge is 2.51. The maximum absolute atomic E-state index is 7.36. The van der Waals surface area contributed by atoms with Crippen molar-refractivity contribution in [3.05, 3.63) is 12.7 Å². The lowest BCUT2D eigenvalue weighted by Gasteiger charge is -2.45. The molecule has 3 rings (SSSR count). The molecule has 0 spiro atoms. The third-order valence-electron chi connectivity index (χ3n) is 9.15. The van der Waals surface area contributed by atoms with Gasteiger partial charge in [0.05, 0.1) is 19.0 Å². The lowest BCUT2D eigenvalue weighted by Crippen LogP contribution is -2.53. The summed E-state index contributed by atoms with van der Waals surface area (Å²) in [6.07, 6.45) is 3.51. The summed E-state index contributed by atoms with van der Waals surface area (Å²) in [7, 11) is -4.22. The fraction of sp³-hybridized carbons (Fsp3) is 0.821. The van der Waals surface area contributed by atoms with Gasteiger partial charge in [-0.3, -0.25) is 4.57 Å². The molecular formula is C28H53N5O3Si2. The SMILES string of the molecule is CC(C)[Si](OC[C@H]1O[C@@H](n2cnc3c(N)ncnc32)C[C@@H]1O[Si](C(C)C)(C(C)C)C(C)C)(C(C)C)C(C)C. The molecule has 0 bridgehead atoms. The Bertz CT molecular complexity index is 1010. The minimum absolute atomic E-state index is 0.0614. The van der Waals surface area contributed by atoms with Crippen LogP contribution in [-0.4, -0.2) is 55.0 Å². The molecule has 1 fully saturated rings. The summed E-state index contributed by atoms with van der Waals surface area (Å²) in [5, 5.41) is 0. The highest BCUT2D eigenvalue weighted by molar-refractivity contribution is 6.78. The smallest absolute Gasteiger partial charge is 0.200 e. The van der Waals surface area contributed by atoms with Gasteiger partial charge in [-0.05, 0) is 33.2 Å². The molecule has 2 aromatic rings. The van der Waals surface area contributed by atoms with Crippen LogP contribution < -0.4 is 5.73 Å². The molecule has 0 saturated carbocycles. The number of anilines is 1. The molecule has 216 valence electrons.